The van der Waals surface area contributed by atoms with E-state index in [-0.39, 0.29) is 10.8 Å². The molecule has 2 rings (SSSR count). The first-order valence-electron chi connectivity index (χ1n) is 8.09. The average molecular weight is 296 g/mol. The van der Waals surface area contributed by atoms with Gasteiger partial charge in [0.2, 0.25) is 0 Å². The van der Waals surface area contributed by atoms with Crippen molar-refractivity contribution in [3.63, 3.8) is 0 Å². The predicted octanol–water partition coefficient (Wildman–Crippen LogP) is 6.04. The van der Waals surface area contributed by atoms with Crippen molar-refractivity contribution in [2.24, 2.45) is 0 Å². The molecule has 0 atom stereocenters. The highest BCUT2D eigenvalue weighted by Gasteiger charge is 2.19. The zero-order chi connectivity index (χ0) is 16.5. The third-order valence-electron chi connectivity index (χ3n) is 4.69. The maximum Gasteiger partial charge on any atom is 0.119 e. The van der Waals surface area contributed by atoms with E-state index >= 15 is 0 Å². The first kappa shape index (κ1) is 16.6. The van der Waals surface area contributed by atoms with Gasteiger partial charge in [-0.2, -0.15) is 0 Å². The highest BCUT2D eigenvalue weighted by atomic mass is 16.3. The quantitative estimate of drug-likeness (QED) is 0.731. The van der Waals surface area contributed by atoms with Crippen LogP contribution in [0.3, 0.4) is 0 Å². The van der Waals surface area contributed by atoms with Crippen LogP contribution in [0.25, 0.3) is 11.1 Å². The van der Waals surface area contributed by atoms with Crippen LogP contribution in [0.2, 0.25) is 0 Å². The van der Waals surface area contributed by atoms with Gasteiger partial charge in [0.25, 0.3) is 0 Å². The van der Waals surface area contributed by atoms with Gasteiger partial charge in [-0.15, -0.1) is 0 Å². The molecule has 1 heteroatoms. The molecule has 1 N–H and O–H groups in total. The number of hydrogen-bond donors (Lipinski definition) is 1. The molecule has 0 aliphatic heterocycles. The normalized spacial score (nSPS) is 12.5. The first-order chi connectivity index (χ1) is 10.1. The summed E-state index contributed by atoms with van der Waals surface area (Å²) in [7, 11) is 0. The molecule has 0 aromatic heterocycles. The van der Waals surface area contributed by atoms with Gasteiger partial charge in [-0.1, -0.05) is 77.9 Å². The molecular weight excluding hydrogens is 268 g/mol. The predicted molar refractivity (Wildman–Crippen MR) is 95.6 cm³/mol. The van der Waals surface area contributed by atoms with Gasteiger partial charge in [-0.25, -0.2) is 0 Å². The van der Waals surface area contributed by atoms with Gasteiger partial charge in [-0.05, 0) is 45.6 Å². The van der Waals surface area contributed by atoms with Crippen LogP contribution in [0.4, 0.5) is 0 Å². The monoisotopic (exact) mass is 296 g/mol. The molecule has 2 aromatic rings. The molecule has 0 heterocycles. The van der Waals surface area contributed by atoms with E-state index in [9.17, 15) is 5.11 Å². The Morgan fingerprint density at radius 1 is 0.818 bits per heavy atom. The minimum absolute atomic E-state index is 0.0440. The lowest BCUT2D eigenvalue weighted by molar-refractivity contribution is 0.447. The largest absolute Gasteiger partial charge is 0.508 e. The standard InChI is InChI=1S/C21H28O/c1-7-21(5,6)17-11-8-15(9-12-17)16-10-13-18(19(22)14-16)20(2,3)4/h8-14,22H,7H2,1-6H3. The Bertz CT molecular complexity index is 643. The van der Waals surface area contributed by atoms with Crippen LogP contribution in [0, 0.1) is 0 Å². The molecule has 2 aromatic carbocycles. The Labute approximate surface area is 135 Å². The van der Waals surface area contributed by atoms with Crippen LogP contribution < -0.4 is 0 Å². The summed E-state index contributed by atoms with van der Waals surface area (Å²) in [5.41, 5.74) is 4.71. The van der Waals surface area contributed by atoms with Crippen molar-refractivity contribution in [2.75, 3.05) is 0 Å². The van der Waals surface area contributed by atoms with E-state index < -0.39 is 0 Å². The zero-order valence-electron chi connectivity index (χ0n) is 14.7. The second-order valence-electron chi connectivity index (χ2n) is 7.80. The molecule has 0 spiro atoms. The summed E-state index contributed by atoms with van der Waals surface area (Å²) in [6.45, 7) is 13.1. The van der Waals surface area contributed by atoms with E-state index in [1.54, 1.807) is 0 Å². The number of rotatable bonds is 3. The fourth-order valence-corrected chi connectivity index (χ4v) is 2.66. The van der Waals surface area contributed by atoms with Crippen molar-refractivity contribution < 1.29 is 5.11 Å². The summed E-state index contributed by atoms with van der Waals surface area (Å²) >= 11 is 0. The van der Waals surface area contributed by atoms with E-state index in [4.69, 9.17) is 0 Å². The van der Waals surface area contributed by atoms with Crippen molar-refractivity contribution in [3.8, 4) is 16.9 Å². The first-order valence-corrected chi connectivity index (χ1v) is 8.09. The third-order valence-corrected chi connectivity index (χ3v) is 4.69. The summed E-state index contributed by atoms with van der Waals surface area (Å²) in [5, 5.41) is 10.3. The molecule has 0 saturated carbocycles. The van der Waals surface area contributed by atoms with E-state index in [0.717, 1.165) is 23.1 Å². The van der Waals surface area contributed by atoms with Gasteiger partial charge < -0.3 is 5.11 Å². The SMILES string of the molecule is CCC(C)(C)c1ccc(-c2ccc(C(C)(C)C)c(O)c2)cc1. The molecule has 1 nitrogen and oxygen atoms in total. The van der Waals surface area contributed by atoms with Crippen LogP contribution in [0.1, 0.15) is 59.1 Å². The zero-order valence-corrected chi connectivity index (χ0v) is 14.7. The fourth-order valence-electron chi connectivity index (χ4n) is 2.66. The Morgan fingerprint density at radius 3 is 1.82 bits per heavy atom. The van der Waals surface area contributed by atoms with Gasteiger partial charge >= 0.3 is 0 Å². The number of benzene rings is 2. The lowest BCUT2D eigenvalue weighted by Crippen LogP contribution is -2.14. The Kier molecular flexibility index (Phi) is 4.37. The maximum atomic E-state index is 10.3. The van der Waals surface area contributed by atoms with Gasteiger partial charge in [0, 0.05) is 0 Å². The molecule has 0 radical (unpaired) electrons. The van der Waals surface area contributed by atoms with E-state index in [2.05, 4.69) is 71.9 Å². The third kappa shape index (κ3) is 3.35. The minimum Gasteiger partial charge on any atom is -0.508 e. The smallest absolute Gasteiger partial charge is 0.119 e. The number of aromatic hydroxyl groups is 1. The lowest BCUT2D eigenvalue weighted by atomic mass is 9.81. The molecule has 118 valence electrons. The van der Waals surface area contributed by atoms with Gasteiger partial charge in [-0.3, -0.25) is 0 Å². The Balaban J connectivity index is 2.35. The van der Waals surface area contributed by atoms with Crippen LogP contribution >= 0.6 is 0 Å². The highest BCUT2D eigenvalue weighted by molar-refractivity contribution is 5.66. The van der Waals surface area contributed by atoms with E-state index in [0.29, 0.717) is 5.75 Å². The van der Waals surface area contributed by atoms with Crippen molar-refractivity contribution in [1.82, 2.24) is 0 Å². The molecule has 0 saturated heterocycles. The Morgan fingerprint density at radius 2 is 1.36 bits per heavy atom. The molecule has 0 amide bonds. The highest BCUT2D eigenvalue weighted by Crippen LogP contribution is 2.35. The summed E-state index contributed by atoms with van der Waals surface area (Å²) in [4.78, 5) is 0. The number of phenolic OH excluding ortho intramolecular Hbond substituents is 1. The van der Waals surface area contributed by atoms with Crippen LogP contribution in [0.15, 0.2) is 42.5 Å². The van der Waals surface area contributed by atoms with E-state index in [1.165, 1.54) is 5.56 Å². The summed E-state index contributed by atoms with van der Waals surface area (Å²) in [6.07, 6.45) is 1.12. The number of hydrogen-bond acceptors (Lipinski definition) is 1. The molecule has 0 unspecified atom stereocenters. The molecule has 0 bridgehead atoms. The van der Waals surface area contributed by atoms with Crippen molar-refractivity contribution in [1.29, 1.82) is 0 Å². The Hall–Kier alpha value is -1.76. The molecule has 0 fully saturated rings. The summed E-state index contributed by atoms with van der Waals surface area (Å²) < 4.78 is 0. The van der Waals surface area contributed by atoms with Crippen LogP contribution in [-0.4, -0.2) is 5.11 Å². The van der Waals surface area contributed by atoms with Crippen molar-refractivity contribution in [2.45, 2.75) is 58.8 Å². The van der Waals surface area contributed by atoms with Crippen molar-refractivity contribution >= 4 is 0 Å². The minimum atomic E-state index is -0.0440. The number of phenols is 1. The molecule has 0 aliphatic rings. The molecular formula is C21H28O. The molecule has 22 heavy (non-hydrogen) atoms. The van der Waals surface area contributed by atoms with Crippen LogP contribution in [0.5, 0.6) is 5.75 Å². The second kappa shape index (κ2) is 5.79. The van der Waals surface area contributed by atoms with Gasteiger partial charge in [0.1, 0.15) is 5.75 Å². The topological polar surface area (TPSA) is 20.2 Å². The van der Waals surface area contributed by atoms with Crippen LogP contribution in [-0.2, 0) is 10.8 Å². The lowest BCUT2D eigenvalue weighted by Gasteiger charge is -2.23. The average Bonchev–Trinajstić information content (AvgIpc) is 2.46. The van der Waals surface area contributed by atoms with E-state index in [1.807, 2.05) is 12.1 Å². The van der Waals surface area contributed by atoms with Gasteiger partial charge in [0.05, 0.1) is 0 Å². The van der Waals surface area contributed by atoms with Gasteiger partial charge in [0.15, 0.2) is 0 Å². The summed E-state index contributed by atoms with van der Waals surface area (Å²) in [5.74, 6) is 0.378. The molecule has 0 aliphatic carbocycles. The van der Waals surface area contributed by atoms with Crippen molar-refractivity contribution in [3.05, 3.63) is 53.6 Å². The fraction of sp³-hybridized carbons (Fsp3) is 0.429. The second-order valence-corrected chi connectivity index (χ2v) is 7.80. The summed E-state index contributed by atoms with van der Waals surface area (Å²) in [6, 6.07) is 14.7. The maximum absolute atomic E-state index is 10.3.